The predicted octanol–water partition coefficient (Wildman–Crippen LogP) is 23.3. The fraction of sp³-hybridized carbons (Fsp3) is 0.792. The van der Waals surface area contributed by atoms with Crippen LogP contribution in [0.3, 0.4) is 0 Å². The van der Waals surface area contributed by atoms with Crippen LogP contribution in [0.1, 0.15) is 348 Å². The topological polar surface area (TPSA) is 78.9 Å². The molecular weight excluding hydrogens is 961 g/mol. The van der Waals surface area contributed by atoms with Crippen LogP contribution >= 0.6 is 0 Å². The lowest BCUT2D eigenvalue weighted by atomic mass is 10.0. The molecule has 0 radical (unpaired) electrons. The van der Waals surface area contributed by atoms with Crippen molar-refractivity contribution in [3.8, 4) is 0 Å². The first-order chi connectivity index (χ1) is 38.5. The third kappa shape index (κ3) is 63.7. The zero-order valence-electron chi connectivity index (χ0n) is 51.9. The van der Waals surface area contributed by atoms with Crippen LogP contribution in [0.2, 0.25) is 0 Å². The van der Waals surface area contributed by atoms with Crippen molar-refractivity contribution in [3.63, 3.8) is 0 Å². The van der Waals surface area contributed by atoms with Gasteiger partial charge in [-0.2, -0.15) is 0 Å². The molecule has 0 aromatic carbocycles. The number of ether oxygens (including phenoxy) is 3. The van der Waals surface area contributed by atoms with E-state index in [1.165, 1.54) is 225 Å². The molecule has 0 amide bonds. The first-order valence-corrected chi connectivity index (χ1v) is 33.9. The lowest BCUT2D eigenvalue weighted by Crippen LogP contribution is -2.30. The second-order valence-electron chi connectivity index (χ2n) is 22.7. The molecule has 0 fully saturated rings. The first-order valence-electron chi connectivity index (χ1n) is 33.9. The Morgan fingerprint density at radius 1 is 0.256 bits per heavy atom. The fourth-order valence-corrected chi connectivity index (χ4v) is 9.81. The Labute approximate surface area is 484 Å². The molecule has 0 N–H and O–H groups in total. The van der Waals surface area contributed by atoms with Crippen molar-refractivity contribution in [3.05, 3.63) is 72.9 Å². The van der Waals surface area contributed by atoms with E-state index in [0.717, 1.165) is 83.5 Å². The Kier molecular flexibility index (Phi) is 63.7. The second-order valence-corrected chi connectivity index (χ2v) is 22.7. The van der Waals surface area contributed by atoms with Gasteiger partial charge in [0, 0.05) is 19.3 Å². The van der Waals surface area contributed by atoms with E-state index in [9.17, 15) is 14.4 Å². The highest BCUT2D eigenvalue weighted by atomic mass is 16.6. The molecule has 0 aliphatic carbocycles. The zero-order valence-corrected chi connectivity index (χ0v) is 51.9. The summed E-state index contributed by atoms with van der Waals surface area (Å²) in [5.41, 5.74) is 0. The molecule has 0 spiro atoms. The van der Waals surface area contributed by atoms with Gasteiger partial charge in [0.2, 0.25) is 0 Å². The highest BCUT2D eigenvalue weighted by Gasteiger charge is 2.19. The highest BCUT2D eigenvalue weighted by Crippen LogP contribution is 2.17. The fourth-order valence-electron chi connectivity index (χ4n) is 9.81. The molecule has 452 valence electrons. The van der Waals surface area contributed by atoms with Gasteiger partial charge in [0.25, 0.3) is 0 Å². The SMILES string of the molecule is CCCCCCC/C=C\C/C=C\C/C=C\CCCCCCCCCCCCCCC(=O)OCC(COC(=O)CCCCCCCC)OC(=O)CCCCCCCCCCCCCC/C=C\C/C=C\C/C=C\CCCCCCC. The van der Waals surface area contributed by atoms with E-state index >= 15 is 0 Å². The molecular formula is C72H128O6. The summed E-state index contributed by atoms with van der Waals surface area (Å²) in [6.07, 6.45) is 86.7. The summed E-state index contributed by atoms with van der Waals surface area (Å²) in [4.78, 5) is 38.1. The Balaban J connectivity index is 4.06. The van der Waals surface area contributed by atoms with Crippen molar-refractivity contribution in [1.82, 2.24) is 0 Å². The van der Waals surface area contributed by atoms with E-state index in [1.54, 1.807) is 0 Å². The van der Waals surface area contributed by atoms with Gasteiger partial charge < -0.3 is 14.2 Å². The van der Waals surface area contributed by atoms with Gasteiger partial charge in [0.15, 0.2) is 6.10 Å². The van der Waals surface area contributed by atoms with E-state index in [-0.39, 0.29) is 31.1 Å². The summed E-state index contributed by atoms with van der Waals surface area (Å²) < 4.78 is 16.8. The van der Waals surface area contributed by atoms with Crippen LogP contribution in [-0.2, 0) is 28.6 Å². The minimum absolute atomic E-state index is 0.0745. The maximum Gasteiger partial charge on any atom is 0.306 e. The van der Waals surface area contributed by atoms with Gasteiger partial charge in [0.05, 0.1) is 0 Å². The van der Waals surface area contributed by atoms with Crippen LogP contribution in [-0.4, -0.2) is 37.2 Å². The van der Waals surface area contributed by atoms with Gasteiger partial charge in [-0.3, -0.25) is 14.4 Å². The average Bonchev–Trinajstić information content (AvgIpc) is 3.44. The molecule has 0 heterocycles. The number of esters is 3. The number of unbranched alkanes of at least 4 members (excludes halogenated alkanes) is 39. The molecule has 0 aliphatic rings. The summed E-state index contributed by atoms with van der Waals surface area (Å²) in [6, 6.07) is 0. The molecule has 0 saturated carbocycles. The number of rotatable bonds is 62. The molecule has 0 rings (SSSR count). The van der Waals surface area contributed by atoms with Gasteiger partial charge in [0.1, 0.15) is 13.2 Å². The third-order valence-electron chi connectivity index (χ3n) is 14.9. The van der Waals surface area contributed by atoms with Crippen LogP contribution in [0.15, 0.2) is 72.9 Å². The van der Waals surface area contributed by atoms with E-state index in [4.69, 9.17) is 14.2 Å². The molecule has 6 heteroatoms. The Hall–Kier alpha value is -3.15. The normalized spacial score (nSPS) is 12.5. The van der Waals surface area contributed by atoms with Crippen molar-refractivity contribution >= 4 is 17.9 Å². The standard InChI is InChI=1S/C72H128O6/c1-4-7-10-13-16-18-20-22-24-26-28-30-32-34-36-38-40-42-44-46-48-50-52-54-56-59-62-65-71(74)77-68-69(67-76-70(73)64-61-58-15-12-9-6-3)78-72(75)66-63-60-57-55-53-51-49-47-45-43-41-39-37-35-33-31-29-27-25-23-21-19-17-14-11-8-5-2/h20-23,26-29,32-35,69H,4-19,24-25,30-31,36-68H2,1-3H3/b22-20-,23-21-,28-26-,29-27-,34-32-,35-33-. The smallest absolute Gasteiger partial charge is 0.306 e. The summed E-state index contributed by atoms with van der Waals surface area (Å²) >= 11 is 0. The monoisotopic (exact) mass is 1090 g/mol. The van der Waals surface area contributed by atoms with Crippen molar-refractivity contribution in [1.29, 1.82) is 0 Å². The van der Waals surface area contributed by atoms with Gasteiger partial charge >= 0.3 is 17.9 Å². The van der Waals surface area contributed by atoms with Crippen LogP contribution < -0.4 is 0 Å². The van der Waals surface area contributed by atoms with Gasteiger partial charge in [-0.25, -0.2) is 0 Å². The Morgan fingerprint density at radius 3 is 0.718 bits per heavy atom. The van der Waals surface area contributed by atoms with Crippen LogP contribution in [0.25, 0.3) is 0 Å². The largest absolute Gasteiger partial charge is 0.462 e. The van der Waals surface area contributed by atoms with Crippen LogP contribution in [0.5, 0.6) is 0 Å². The molecule has 1 unspecified atom stereocenters. The van der Waals surface area contributed by atoms with Crippen molar-refractivity contribution in [2.24, 2.45) is 0 Å². The highest BCUT2D eigenvalue weighted by molar-refractivity contribution is 5.71. The lowest BCUT2D eigenvalue weighted by molar-refractivity contribution is -0.167. The maximum atomic E-state index is 12.9. The molecule has 1 atom stereocenters. The number of carbonyl (C=O) groups excluding carboxylic acids is 3. The minimum Gasteiger partial charge on any atom is -0.462 e. The number of allylic oxidation sites excluding steroid dienone is 12. The second kappa shape index (κ2) is 66.4. The van der Waals surface area contributed by atoms with Crippen molar-refractivity contribution in [2.45, 2.75) is 354 Å². The van der Waals surface area contributed by atoms with Crippen LogP contribution in [0.4, 0.5) is 0 Å². The predicted molar refractivity (Wildman–Crippen MR) is 339 cm³/mol. The van der Waals surface area contributed by atoms with Gasteiger partial charge in [-0.15, -0.1) is 0 Å². The molecule has 0 bridgehead atoms. The van der Waals surface area contributed by atoms with Crippen molar-refractivity contribution < 1.29 is 28.6 Å². The number of carbonyl (C=O) groups is 3. The van der Waals surface area contributed by atoms with E-state index in [0.29, 0.717) is 19.3 Å². The molecule has 0 aromatic rings. The lowest BCUT2D eigenvalue weighted by Gasteiger charge is -2.18. The van der Waals surface area contributed by atoms with E-state index in [2.05, 4.69) is 93.7 Å². The molecule has 0 aliphatic heterocycles. The summed E-state index contributed by atoms with van der Waals surface area (Å²) in [7, 11) is 0. The summed E-state index contributed by atoms with van der Waals surface area (Å²) in [5, 5.41) is 0. The molecule has 6 nitrogen and oxygen atoms in total. The van der Waals surface area contributed by atoms with E-state index in [1.807, 2.05) is 0 Å². The van der Waals surface area contributed by atoms with E-state index < -0.39 is 6.10 Å². The quantitative estimate of drug-likeness (QED) is 0.0261. The van der Waals surface area contributed by atoms with Gasteiger partial charge in [-0.1, -0.05) is 306 Å². The number of hydrogen-bond acceptors (Lipinski definition) is 6. The third-order valence-corrected chi connectivity index (χ3v) is 14.9. The summed E-state index contributed by atoms with van der Waals surface area (Å²) in [5.74, 6) is -0.873. The Bertz CT molecular complexity index is 1440. The molecule has 78 heavy (non-hydrogen) atoms. The molecule has 0 saturated heterocycles. The van der Waals surface area contributed by atoms with Crippen LogP contribution in [0, 0.1) is 0 Å². The first kappa shape index (κ1) is 74.8. The average molecular weight is 1090 g/mol. The minimum atomic E-state index is -0.774. The Morgan fingerprint density at radius 2 is 0.462 bits per heavy atom. The summed E-state index contributed by atoms with van der Waals surface area (Å²) in [6.45, 7) is 6.59. The van der Waals surface area contributed by atoms with Crippen molar-refractivity contribution in [2.75, 3.05) is 13.2 Å². The van der Waals surface area contributed by atoms with Gasteiger partial charge in [-0.05, 0) is 96.3 Å². The zero-order chi connectivity index (χ0) is 56.4. The number of hydrogen-bond donors (Lipinski definition) is 0. The molecule has 0 aromatic heterocycles. The maximum absolute atomic E-state index is 12.9.